The van der Waals surface area contributed by atoms with Gasteiger partial charge in [-0.05, 0) is 32.3 Å². The summed E-state index contributed by atoms with van der Waals surface area (Å²) in [6, 6.07) is 3.77. The van der Waals surface area contributed by atoms with E-state index in [2.05, 4.69) is 5.32 Å². The zero-order valence-electron chi connectivity index (χ0n) is 11.4. The van der Waals surface area contributed by atoms with E-state index < -0.39 is 5.82 Å². The fourth-order valence-corrected chi connectivity index (χ4v) is 2.08. The van der Waals surface area contributed by atoms with E-state index in [4.69, 9.17) is 4.42 Å². The molecular weight excluding hydrogens is 263 g/mol. The van der Waals surface area contributed by atoms with Crippen LogP contribution in [0, 0.1) is 5.82 Å². The number of nitrogens with zero attached hydrogens (tertiary/aromatic N) is 1. The van der Waals surface area contributed by atoms with Gasteiger partial charge < -0.3 is 19.7 Å². The van der Waals surface area contributed by atoms with Gasteiger partial charge in [-0.1, -0.05) is 0 Å². The summed E-state index contributed by atoms with van der Waals surface area (Å²) >= 11 is 0. The highest BCUT2D eigenvalue weighted by atomic mass is 19.1. The summed E-state index contributed by atoms with van der Waals surface area (Å²) in [5.74, 6) is -0.870. The van der Waals surface area contributed by atoms with Crippen LogP contribution in [0.25, 0.3) is 11.0 Å². The molecule has 0 aliphatic rings. The molecule has 108 valence electrons. The lowest BCUT2D eigenvalue weighted by molar-refractivity contribution is 0.0906. The Morgan fingerprint density at radius 3 is 2.85 bits per heavy atom. The average Bonchev–Trinajstić information content (AvgIpc) is 2.87. The van der Waals surface area contributed by atoms with E-state index in [1.165, 1.54) is 18.4 Å². The van der Waals surface area contributed by atoms with Gasteiger partial charge in [0.25, 0.3) is 5.91 Å². The lowest BCUT2D eigenvalue weighted by Gasteiger charge is -2.20. The Hall–Kier alpha value is -1.92. The van der Waals surface area contributed by atoms with Crippen LogP contribution >= 0.6 is 0 Å². The fourth-order valence-electron chi connectivity index (χ4n) is 2.08. The van der Waals surface area contributed by atoms with Crippen molar-refractivity contribution in [3.8, 4) is 0 Å². The molecule has 0 spiro atoms. The van der Waals surface area contributed by atoms with Gasteiger partial charge >= 0.3 is 0 Å². The third-order valence-corrected chi connectivity index (χ3v) is 2.95. The molecule has 1 heterocycles. The molecule has 0 fully saturated rings. The molecule has 5 nitrogen and oxygen atoms in total. The normalized spacial score (nSPS) is 12.8. The van der Waals surface area contributed by atoms with Crippen LogP contribution in [0.2, 0.25) is 0 Å². The molecule has 2 rings (SSSR count). The second-order valence-electron chi connectivity index (χ2n) is 4.87. The summed E-state index contributed by atoms with van der Waals surface area (Å²) in [5, 5.41) is 12.4. The van der Waals surface area contributed by atoms with Crippen LogP contribution in [0.5, 0.6) is 0 Å². The van der Waals surface area contributed by atoms with Gasteiger partial charge in [-0.2, -0.15) is 0 Å². The van der Waals surface area contributed by atoms with E-state index in [0.29, 0.717) is 17.5 Å². The van der Waals surface area contributed by atoms with E-state index >= 15 is 0 Å². The topological polar surface area (TPSA) is 65.7 Å². The van der Waals surface area contributed by atoms with Crippen LogP contribution in [0.15, 0.2) is 28.9 Å². The molecule has 6 heteroatoms. The molecule has 20 heavy (non-hydrogen) atoms. The molecule has 1 atom stereocenters. The summed E-state index contributed by atoms with van der Waals surface area (Å²) in [5.41, 5.74) is 0.387. The van der Waals surface area contributed by atoms with Crippen molar-refractivity contribution in [1.29, 1.82) is 0 Å². The van der Waals surface area contributed by atoms with Gasteiger partial charge in [0.1, 0.15) is 0 Å². The molecule has 2 aromatic rings. The first-order valence-electron chi connectivity index (χ1n) is 6.25. The molecule has 1 aromatic heterocycles. The van der Waals surface area contributed by atoms with Gasteiger partial charge in [0.2, 0.25) is 0 Å². The minimum Gasteiger partial charge on any atom is -0.461 e. The Bertz CT molecular complexity index is 609. The van der Waals surface area contributed by atoms with Crippen molar-refractivity contribution in [2.24, 2.45) is 0 Å². The fraction of sp³-hybridized carbons (Fsp3) is 0.357. The van der Waals surface area contributed by atoms with Crippen LogP contribution < -0.4 is 5.32 Å². The summed E-state index contributed by atoms with van der Waals surface area (Å²) in [7, 11) is 3.70. The van der Waals surface area contributed by atoms with Crippen LogP contribution in [-0.2, 0) is 0 Å². The highest BCUT2D eigenvalue weighted by molar-refractivity contribution is 6.06. The summed E-state index contributed by atoms with van der Waals surface area (Å²) in [4.78, 5) is 14.1. The molecular formula is C14H17FN2O3. The Labute approximate surface area is 116 Å². The van der Waals surface area contributed by atoms with Crippen molar-refractivity contribution in [1.82, 2.24) is 10.2 Å². The Balaban J connectivity index is 2.23. The molecule has 0 saturated heterocycles. The number of carbonyl (C=O) groups excluding carboxylic acids is 1. The Morgan fingerprint density at radius 1 is 1.45 bits per heavy atom. The number of furan rings is 1. The summed E-state index contributed by atoms with van der Waals surface area (Å²) in [6.45, 7) is 0.345. The van der Waals surface area contributed by atoms with Crippen molar-refractivity contribution in [3.63, 3.8) is 0 Å². The minimum absolute atomic E-state index is 0.0609. The van der Waals surface area contributed by atoms with Crippen LogP contribution in [-0.4, -0.2) is 49.2 Å². The Morgan fingerprint density at radius 2 is 2.20 bits per heavy atom. The molecule has 0 aliphatic heterocycles. The van der Waals surface area contributed by atoms with E-state index in [1.54, 1.807) is 6.07 Å². The maximum atomic E-state index is 13.5. The third-order valence-electron chi connectivity index (χ3n) is 2.95. The number of amides is 1. The molecule has 0 bridgehead atoms. The van der Waals surface area contributed by atoms with Crippen molar-refractivity contribution in [2.75, 3.05) is 27.2 Å². The molecule has 0 radical (unpaired) electrons. The lowest BCUT2D eigenvalue weighted by Crippen LogP contribution is -2.44. The van der Waals surface area contributed by atoms with E-state index in [0.717, 1.165) is 0 Å². The van der Waals surface area contributed by atoms with Crippen LogP contribution in [0.3, 0.4) is 0 Å². The van der Waals surface area contributed by atoms with Crippen molar-refractivity contribution >= 4 is 16.9 Å². The number of halogens is 1. The van der Waals surface area contributed by atoms with Crippen molar-refractivity contribution < 1.29 is 18.7 Å². The van der Waals surface area contributed by atoms with Crippen molar-refractivity contribution in [2.45, 2.75) is 6.04 Å². The SMILES string of the molecule is CN(C)CC(CO)NC(=O)c1ccc(F)c2occc12. The molecule has 1 unspecified atom stereocenters. The van der Waals surface area contributed by atoms with Crippen molar-refractivity contribution in [3.05, 3.63) is 35.8 Å². The first kappa shape index (κ1) is 14.5. The lowest BCUT2D eigenvalue weighted by atomic mass is 10.1. The zero-order chi connectivity index (χ0) is 14.7. The average molecular weight is 280 g/mol. The number of hydrogen-bond acceptors (Lipinski definition) is 4. The highest BCUT2D eigenvalue weighted by Crippen LogP contribution is 2.23. The number of aliphatic hydroxyl groups is 1. The zero-order valence-corrected chi connectivity index (χ0v) is 11.4. The molecule has 1 amide bonds. The largest absolute Gasteiger partial charge is 0.461 e. The van der Waals surface area contributed by atoms with Gasteiger partial charge in [0.15, 0.2) is 11.4 Å². The summed E-state index contributed by atoms with van der Waals surface area (Å²) < 4.78 is 18.5. The second-order valence-corrected chi connectivity index (χ2v) is 4.87. The third kappa shape index (κ3) is 2.97. The van der Waals surface area contributed by atoms with Gasteiger partial charge in [-0.25, -0.2) is 4.39 Å². The highest BCUT2D eigenvalue weighted by Gasteiger charge is 2.18. The number of carbonyl (C=O) groups is 1. The molecule has 0 aliphatic carbocycles. The predicted octanol–water partition coefficient (Wildman–Crippen LogP) is 1.22. The number of fused-ring (bicyclic) bond motifs is 1. The number of aliphatic hydroxyl groups excluding tert-OH is 1. The predicted molar refractivity (Wildman–Crippen MR) is 73.1 cm³/mol. The quantitative estimate of drug-likeness (QED) is 0.864. The van der Waals surface area contributed by atoms with Gasteiger partial charge in [-0.3, -0.25) is 4.79 Å². The molecule has 1 aromatic carbocycles. The van der Waals surface area contributed by atoms with Gasteiger partial charge in [-0.15, -0.1) is 0 Å². The standard InChI is InChI=1S/C14H17FN2O3/c1-17(2)7-9(8-18)16-14(19)11-3-4-12(15)13-10(11)5-6-20-13/h3-6,9,18H,7-8H2,1-2H3,(H,16,19). The second kappa shape index (κ2) is 6.02. The van der Waals surface area contributed by atoms with Crippen LogP contribution in [0.1, 0.15) is 10.4 Å². The molecule has 0 saturated carbocycles. The number of nitrogens with one attached hydrogen (secondary N) is 1. The maximum absolute atomic E-state index is 13.5. The smallest absolute Gasteiger partial charge is 0.252 e. The summed E-state index contributed by atoms with van der Waals surface area (Å²) in [6.07, 6.45) is 1.34. The van der Waals surface area contributed by atoms with Gasteiger partial charge in [0.05, 0.1) is 24.5 Å². The maximum Gasteiger partial charge on any atom is 0.252 e. The number of benzene rings is 1. The monoisotopic (exact) mass is 280 g/mol. The van der Waals surface area contributed by atoms with E-state index in [1.807, 2.05) is 19.0 Å². The van der Waals surface area contributed by atoms with Gasteiger partial charge in [0, 0.05) is 11.9 Å². The first-order chi connectivity index (χ1) is 9.52. The number of likely N-dealkylation sites (N-methyl/N-ethyl adjacent to an activating group) is 1. The van der Waals surface area contributed by atoms with E-state index in [-0.39, 0.29) is 24.1 Å². The number of hydrogen-bond donors (Lipinski definition) is 2. The first-order valence-corrected chi connectivity index (χ1v) is 6.25. The molecule has 2 N–H and O–H groups in total. The minimum atomic E-state index is -0.506. The Kier molecular flexibility index (Phi) is 4.36. The van der Waals surface area contributed by atoms with Crippen LogP contribution in [0.4, 0.5) is 4.39 Å². The number of rotatable bonds is 5. The van der Waals surface area contributed by atoms with E-state index in [9.17, 15) is 14.3 Å².